The molecule has 4 heteroatoms. The molecule has 0 saturated heterocycles. The Morgan fingerprint density at radius 2 is 1.59 bits per heavy atom. The van der Waals surface area contributed by atoms with E-state index in [1.54, 1.807) is 11.8 Å². The number of rotatable bonds is 4. The van der Waals surface area contributed by atoms with Gasteiger partial charge in [0.25, 0.3) is 0 Å². The lowest BCUT2D eigenvalue weighted by Crippen LogP contribution is -2.01. The first-order valence-electron chi connectivity index (χ1n) is 7.39. The molecular weight excluding hydrogens is 290 g/mol. The van der Waals surface area contributed by atoms with Crippen molar-refractivity contribution >= 4 is 11.8 Å². The molecule has 0 bridgehead atoms. The zero-order valence-corrected chi connectivity index (χ0v) is 13.8. The summed E-state index contributed by atoms with van der Waals surface area (Å²) in [5.74, 6) is 0.882. The highest BCUT2D eigenvalue weighted by Gasteiger charge is 2.16. The predicted octanol–water partition coefficient (Wildman–Crippen LogP) is 4.74. The maximum absolute atomic E-state index is 4.43. The fourth-order valence-electron chi connectivity index (χ4n) is 2.26. The van der Waals surface area contributed by atoms with Gasteiger partial charge in [-0.05, 0) is 19.1 Å². The van der Waals surface area contributed by atoms with Crippen LogP contribution in [0.5, 0.6) is 0 Å². The molecule has 1 heterocycles. The molecule has 0 aliphatic carbocycles. The van der Waals surface area contributed by atoms with Gasteiger partial charge in [-0.3, -0.25) is 4.57 Å². The van der Waals surface area contributed by atoms with Gasteiger partial charge in [-0.25, -0.2) is 0 Å². The van der Waals surface area contributed by atoms with E-state index >= 15 is 0 Å². The van der Waals surface area contributed by atoms with Crippen LogP contribution in [-0.4, -0.2) is 20.0 Å². The minimum atomic E-state index is 0.456. The molecule has 0 saturated carbocycles. The Morgan fingerprint density at radius 3 is 2.23 bits per heavy atom. The van der Waals surface area contributed by atoms with E-state index in [1.807, 2.05) is 18.2 Å². The van der Waals surface area contributed by atoms with Crippen molar-refractivity contribution in [1.82, 2.24) is 14.8 Å². The number of hydrogen-bond acceptors (Lipinski definition) is 3. The van der Waals surface area contributed by atoms with E-state index in [2.05, 4.69) is 71.9 Å². The van der Waals surface area contributed by atoms with E-state index in [9.17, 15) is 0 Å². The lowest BCUT2D eigenvalue weighted by molar-refractivity contribution is 0.879. The largest absolute Gasteiger partial charge is 0.270 e. The Kier molecular flexibility index (Phi) is 4.29. The van der Waals surface area contributed by atoms with Crippen LogP contribution in [0.1, 0.15) is 19.4 Å². The number of hydrogen-bond donors (Lipinski definition) is 0. The maximum Gasteiger partial charge on any atom is 0.196 e. The van der Waals surface area contributed by atoms with Gasteiger partial charge in [-0.2, -0.15) is 0 Å². The Morgan fingerprint density at radius 1 is 0.909 bits per heavy atom. The topological polar surface area (TPSA) is 30.7 Å². The first-order valence-corrected chi connectivity index (χ1v) is 8.27. The van der Waals surface area contributed by atoms with E-state index in [0.29, 0.717) is 5.25 Å². The van der Waals surface area contributed by atoms with Gasteiger partial charge in [-0.1, -0.05) is 73.6 Å². The monoisotopic (exact) mass is 309 g/mol. The first kappa shape index (κ1) is 14.9. The third-order valence-electron chi connectivity index (χ3n) is 3.30. The number of benzene rings is 2. The molecule has 0 aliphatic heterocycles. The standard InChI is InChI=1S/C18H19N3S/c1-13(2)22-18-20-19-17(15-7-5-4-6-8-15)21(18)16-11-9-14(3)10-12-16/h4-13H,1-3H3. The van der Waals surface area contributed by atoms with Crippen molar-refractivity contribution in [2.45, 2.75) is 31.2 Å². The van der Waals surface area contributed by atoms with Crippen LogP contribution in [0.2, 0.25) is 0 Å². The van der Waals surface area contributed by atoms with Gasteiger partial charge in [0.05, 0.1) is 0 Å². The minimum Gasteiger partial charge on any atom is -0.270 e. The highest BCUT2D eigenvalue weighted by Crippen LogP contribution is 2.29. The summed E-state index contributed by atoms with van der Waals surface area (Å²) in [6, 6.07) is 18.7. The molecule has 0 amide bonds. The van der Waals surface area contributed by atoms with Crippen LogP contribution in [0.15, 0.2) is 59.8 Å². The van der Waals surface area contributed by atoms with Crippen LogP contribution in [0.4, 0.5) is 0 Å². The van der Waals surface area contributed by atoms with Gasteiger partial charge in [0.15, 0.2) is 11.0 Å². The zero-order valence-electron chi connectivity index (χ0n) is 13.0. The number of aryl methyl sites for hydroxylation is 1. The van der Waals surface area contributed by atoms with Crippen molar-refractivity contribution in [3.05, 3.63) is 60.2 Å². The van der Waals surface area contributed by atoms with Crippen LogP contribution in [-0.2, 0) is 0 Å². The van der Waals surface area contributed by atoms with E-state index in [0.717, 1.165) is 22.2 Å². The van der Waals surface area contributed by atoms with Crippen LogP contribution in [0.3, 0.4) is 0 Å². The Balaban J connectivity index is 2.15. The summed E-state index contributed by atoms with van der Waals surface area (Å²) in [6.45, 7) is 6.43. The number of nitrogens with zero attached hydrogens (tertiary/aromatic N) is 3. The number of aromatic nitrogens is 3. The molecule has 0 fully saturated rings. The van der Waals surface area contributed by atoms with E-state index in [-0.39, 0.29) is 0 Å². The molecule has 0 spiro atoms. The lowest BCUT2D eigenvalue weighted by atomic mass is 10.2. The van der Waals surface area contributed by atoms with Crippen molar-refractivity contribution in [3.63, 3.8) is 0 Å². The molecule has 22 heavy (non-hydrogen) atoms. The van der Waals surface area contributed by atoms with Crippen LogP contribution in [0, 0.1) is 6.92 Å². The fraction of sp³-hybridized carbons (Fsp3) is 0.222. The van der Waals surface area contributed by atoms with Gasteiger partial charge >= 0.3 is 0 Å². The smallest absolute Gasteiger partial charge is 0.196 e. The second-order valence-corrected chi connectivity index (χ2v) is 7.05. The molecule has 3 aromatic rings. The predicted molar refractivity (Wildman–Crippen MR) is 92.5 cm³/mol. The Bertz CT molecular complexity index is 746. The second-order valence-electron chi connectivity index (χ2n) is 5.51. The molecule has 0 aliphatic rings. The summed E-state index contributed by atoms with van der Waals surface area (Å²) < 4.78 is 2.14. The summed E-state index contributed by atoms with van der Waals surface area (Å²) in [5, 5.41) is 10.2. The van der Waals surface area contributed by atoms with Gasteiger partial charge in [0, 0.05) is 16.5 Å². The molecule has 0 N–H and O–H groups in total. The van der Waals surface area contributed by atoms with Crippen LogP contribution < -0.4 is 0 Å². The van der Waals surface area contributed by atoms with E-state index in [1.165, 1.54) is 5.56 Å². The second kappa shape index (κ2) is 6.36. The highest BCUT2D eigenvalue weighted by molar-refractivity contribution is 7.99. The number of thioether (sulfide) groups is 1. The SMILES string of the molecule is Cc1ccc(-n2c(SC(C)C)nnc2-c2ccccc2)cc1. The molecule has 1 aromatic heterocycles. The van der Waals surface area contributed by atoms with E-state index in [4.69, 9.17) is 0 Å². The molecule has 0 atom stereocenters. The van der Waals surface area contributed by atoms with Crippen LogP contribution >= 0.6 is 11.8 Å². The summed E-state index contributed by atoms with van der Waals surface area (Å²) in [4.78, 5) is 0. The molecular formula is C18H19N3S. The van der Waals surface area contributed by atoms with Crippen molar-refractivity contribution in [3.8, 4) is 17.1 Å². The van der Waals surface area contributed by atoms with Crippen molar-refractivity contribution < 1.29 is 0 Å². The van der Waals surface area contributed by atoms with Gasteiger partial charge < -0.3 is 0 Å². The van der Waals surface area contributed by atoms with E-state index < -0.39 is 0 Å². The van der Waals surface area contributed by atoms with Crippen molar-refractivity contribution in [2.75, 3.05) is 0 Å². The third-order valence-corrected chi connectivity index (χ3v) is 4.25. The lowest BCUT2D eigenvalue weighted by Gasteiger charge is -2.11. The molecule has 3 rings (SSSR count). The average molecular weight is 309 g/mol. The van der Waals surface area contributed by atoms with Gasteiger partial charge in [-0.15, -0.1) is 10.2 Å². The summed E-state index contributed by atoms with van der Waals surface area (Å²) in [5.41, 5.74) is 3.42. The van der Waals surface area contributed by atoms with Gasteiger partial charge in [0.2, 0.25) is 0 Å². The highest BCUT2D eigenvalue weighted by atomic mass is 32.2. The maximum atomic E-state index is 4.43. The molecule has 0 radical (unpaired) electrons. The fourth-order valence-corrected chi connectivity index (χ4v) is 3.06. The third kappa shape index (κ3) is 3.07. The summed E-state index contributed by atoms with van der Waals surface area (Å²) in [6.07, 6.45) is 0. The Hall–Kier alpha value is -2.07. The minimum absolute atomic E-state index is 0.456. The Labute approximate surface area is 135 Å². The molecule has 112 valence electrons. The molecule has 0 unspecified atom stereocenters. The van der Waals surface area contributed by atoms with Crippen LogP contribution in [0.25, 0.3) is 17.1 Å². The van der Waals surface area contributed by atoms with Crippen molar-refractivity contribution in [1.29, 1.82) is 0 Å². The zero-order chi connectivity index (χ0) is 15.5. The average Bonchev–Trinajstić information content (AvgIpc) is 2.92. The van der Waals surface area contributed by atoms with Crippen molar-refractivity contribution in [2.24, 2.45) is 0 Å². The summed E-state index contributed by atoms with van der Waals surface area (Å²) >= 11 is 1.73. The summed E-state index contributed by atoms with van der Waals surface area (Å²) in [7, 11) is 0. The van der Waals surface area contributed by atoms with Gasteiger partial charge in [0.1, 0.15) is 0 Å². The first-order chi connectivity index (χ1) is 10.6. The molecule has 2 aromatic carbocycles. The quantitative estimate of drug-likeness (QED) is 0.652. The molecule has 3 nitrogen and oxygen atoms in total. The normalized spacial score (nSPS) is 11.1.